The molecule has 2 heterocycles. The van der Waals surface area contributed by atoms with E-state index in [0.29, 0.717) is 0 Å². The first-order valence-corrected chi connectivity index (χ1v) is 6.23. The predicted molar refractivity (Wildman–Crippen MR) is 65.5 cm³/mol. The molecule has 0 saturated carbocycles. The van der Waals surface area contributed by atoms with Gasteiger partial charge in [0.15, 0.2) is 0 Å². The van der Waals surface area contributed by atoms with Gasteiger partial charge in [0.25, 0.3) is 0 Å². The summed E-state index contributed by atoms with van der Waals surface area (Å²) in [4.78, 5) is 12.3. The number of carbonyl (C=O) groups excluding carboxylic acids is 1. The van der Waals surface area contributed by atoms with E-state index in [2.05, 4.69) is 17.6 Å². The summed E-state index contributed by atoms with van der Waals surface area (Å²) in [5.41, 5.74) is -0.235. The van der Waals surface area contributed by atoms with Crippen molar-refractivity contribution in [2.75, 3.05) is 13.1 Å². The third kappa shape index (κ3) is 2.36. The van der Waals surface area contributed by atoms with Crippen LogP contribution in [0.5, 0.6) is 0 Å². The Bertz CT molecular complexity index is 367. The lowest BCUT2D eigenvalue weighted by Crippen LogP contribution is -2.43. The first kappa shape index (κ1) is 12.2. The summed E-state index contributed by atoms with van der Waals surface area (Å²) in [5.74, 6) is 0.935. The van der Waals surface area contributed by atoms with Gasteiger partial charge in [-0.15, -0.1) is 0 Å². The Morgan fingerprint density at radius 3 is 3.06 bits per heavy atom. The Balaban J connectivity index is 2.01. The molecule has 4 heteroatoms. The van der Waals surface area contributed by atoms with Gasteiger partial charge in [-0.1, -0.05) is 6.92 Å². The van der Waals surface area contributed by atoms with E-state index in [-0.39, 0.29) is 17.4 Å². The number of carbonyl (C=O) groups is 1. The molecule has 17 heavy (non-hydrogen) atoms. The van der Waals surface area contributed by atoms with Crippen LogP contribution >= 0.6 is 0 Å². The van der Waals surface area contributed by atoms with Crippen molar-refractivity contribution in [1.29, 1.82) is 0 Å². The Kier molecular flexibility index (Phi) is 3.52. The van der Waals surface area contributed by atoms with E-state index >= 15 is 0 Å². The normalized spacial score (nSPS) is 25.8. The van der Waals surface area contributed by atoms with Crippen molar-refractivity contribution >= 4 is 5.91 Å². The van der Waals surface area contributed by atoms with Gasteiger partial charge in [0.05, 0.1) is 17.7 Å². The number of amides is 1. The maximum Gasteiger partial charge on any atom is 0.228 e. The fourth-order valence-electron chi connectivity index (χ4n) is 2.36. The van der Waals surface area contributed by atoms with Crippen molar-refractivity contribution in [2.24, 2.45) is 5.41 Å². The fourth-order valence-corrected chi connectivity index (χ4v) is 2.36. The smallest absolute Gasteiger partial charge is 0.228 e. The molecule has 2 N–H and O–H groups in total. The van der Waals surface area contributed by atoms with Gasteiger partial charge in [0.1, 0.15) is 5.76 Å². The number of nitrogens with one attached hydrogen (secondary N) is 2. The van der Waals surface area contributed by atoms with Gasteiger partial charge in [-0.25, -0.2) is 0 Å². The second kappa shape index (κ2) is 4.92. The molecule has 0 aromatic carbocycles. The molecule has 2 atom stereocenters. The molecule has 4 nitrogen and oxygen atoms in total. The Hall–Kier alpha value is -1.29. The van der Waals surface area contributed by atoms with Gasteiger partial charge in [-0.3, -0.25) is 4.79 Å². The second-order valence-corrected chi connectivity index (χ2v) is 4.77. The van der Waals surface area contributed by atoms with Gasteiger partial charge < -0.3 is 15.1 Å². The lowest BCUT2D eigenvalue weighted by Gasteiger charge is -2.26. The van der Waals surface area contributed by atoms with Crippen LogP contribution in [0.4, 0.5) is 0 Å². The zero-order valence-corrected chi connectivity index (χ0v) is 10.5. The minimum Gasteiger partial charge on any atom is -0.467 e. The van der Waals surface area contributed by atoms with Crippen LogP contribution in [0, 0.1) is 5.41 Å². The summed E-state index contributed by atoms with van der Waals surface area (Å²) in [6.07, 6.45) is 3.42. The van der Waals surface area contributed by atoms with Gasteiger partial charge in [-0.2, -0.15) is 0 Å². The SMILES string of the molecule is CCC1(C(=O)N[C@@H](C)c2ccco2)CCNC1. The summed E-state index contributed by atoms with van der Waals surface area (Å²) in [6.45, 7) is 5.73. The monoisotopic (exact) mass is 236 g/mol. The molecular weight excluding hydrogens is 216 g/mol. The molecule has 1 aromatic heterocycles. The molecule has 2 rings (SSSR count). The Labute approximate surface area is 102 Å². The molecule has 1 fully saturated rings. The van der Waals surface area contributed by atoms with E-state index in [0.717, 1.165) is 31.7 Å². The van der Waals surface area contributed by atoms with Crippen molar-refractivity contribution in [3.8, 4) is 0 Å². The van der Waals surface area contributed by atoms with Crippen LogP contribution in [0.3, 0.4) is 0 Å². The molecule has 1 unspecified atom stereocenters. The molecule has 1 aliphatic rings. The molecule has 1 aliphatic heterocycles. The van der Waals surface area contributed by atoms with Crippen LogP contribution in [0.25, 0.3) is 0 Å². The number of furan rings is 1. The molecule has 1 amide bonds. The largest absolute Gasteiger partial charge is 0.467 e. The van der Waals surface area contributed by atoms with Crippen LogP contribution in [0.1, 0.15) is 38.5 Å². The van der Waals surface area contributed by atoms with E-state index in [9.17, 15) is 4.79 Å². The molecule has 1 saturated heterocycles. The van der Waals surface area contributed by atoms with Crippen LogP contribution in [0.15, 0.2) is 22.8 Å². The standard InChI is InChI=1S/C13H20N2O2/c1-3-13(6-7-14-9-13)12(16)15-10(2)11-5-4-8-17-11/h4-5,8,10,14H,3,6-7,9H2,1-2H3,(H,15,16)/t10-,13?/m0/s1. The zero-order valence-electron chi connectivity index (χ0n) is 10.5. The average molecular weight is 236 g/mol. The summed E-state index contributed by atoms with van der Waals surface area (Å²) in [7, 11) is 0. The van der Waals surface area contributed by atoms with Crippen LogP contribution < -0.4 is 10.6 Å². The van der Waals surface area contributed by atoms with E-state index in [4.69, 9.17) is 4.42 Å². The summed E-state index contributed by atoms with van der Waals surface area (Å²) < 4.78 is 5.30. The van der Waals surface area contributed by atoms with E-state index in [1.165, 1.54) is 0 Å². The van der Waals surface area contributed by atoms with Crippen molar-refractivity contribution < 1.29 is 9.21 Å². The summed E-state index contributed by atoms with van der Waals surface area (Å²) in [5, 5.41) is 6.31. The number of hydrogen-bond acceptors (Lipinski definition) is 3. The van der Waals surface area contributed by atoms with E-state index in [1.54, 1.807) is 6.26 Å². The first-order valence-electron chi connectivity index (χ1n) is 6.23. The minimum absolute atomic E-state index is 0.0680. The second-order valence-electron chi connectivity index (χ2n) is 4.77. The van der Waals surface area contributed by atoms with Crippen LogP contribution in [-0.4, -0.2) is 19.0 Å². The molecule has 0 radical (unpaired) electrons. The third-order valence-electron chi connectivity index (χ3n) is 3.72. The third-order valence-corrected chi connectivity index (χ3v) is 3.72. The average Bonchev–Trinajstić information content (AvgIpc) is 3.01. The summed E-state index contributed by atoms with van der Waals surface area (Å²) in [6, 6.07) is 3.66. The highest BCUT2D eigenvalue weighted by Gasteiger charge is 2.39. The van der Waals surface area contributed by atoms with Gasteiger partial charge in [-0.05, 0) is 38.4 Å². The van der Waals surface area contributed by atoms with Crippen molar-refractivity contribution in [3.63, 3.8) is 0 Å². The maximum atomic E-state index is 12.3. The maximum absolute atomic E-state index is 12.3. The molecular formula is C13H20N2O2. The van der Waals surface area contributed by atoms with Crippen molar-refractivity contribution in [3.05, 3.63) is 24.2 Å². The number of hydrogen-bond donors (Lipinski definition) is 2. The van der Waals surface area contributed by atoms with E-state index < -0.39 is 0 Å². The highest BCUT2D eigenvalue weighted by Crippen LogP contribution is 2.30. The predicted octanol–water partition coefficient (Wildman–Crippen LogP) is 1.85. The molecule has 94 valence electrons. The fraction of sp³-hybridized carbons (Fsp3) is 0.615. The van der Waals surface area contributed by atoms with E-state index in [1.807, 2.05) is 19.1 Å². The summed E-state index contributed by atoms with van der Waals surface area (Å²) >= 11 is 0. The van der Waals surface area contributed by atoms with Gasteiger partial charge in [0, 0.05) is 6.54 Å². The highest BCUT2D eigenvalue weighted by atomic mass is 16.3. The quantitative estimate of drug-likeness (QED) is 0.838. The molecule has 0 spiro atoms. The Morgan fingerprint density at radius 1 is 1.71 bits per heavy atom. The van der Waals surface area contributed by atoms with Crippen LogP contribution in [0.2, 0.25) is 0 Å². The topological polar surface area (TPSA) is 54.3 Å². The molecule has 1 aromatic rings. The van der Waals surface area contributed by atoms with Crippen LogP contribution in [-0.2, 0) is 4.79 Å². The minimum atomic E-state index is -0.235. The first-order chi connectivity index (χ1) is 8.18. The highest BCUT2D eigenvalue weighted by molar-refractivity contribution is 5.83. The molecule has 0 bridgehead atoms. The lowest BCUT2D eigenvalue weighted by atomic mass is 9.83. The molecule has 0 aliphatic carbocycles. The zero-order chi connectivity index (χ0) is 12.3. The van der Waals surface area contributed by atoms with Crippen molar-refractivity contribution in [1.82, 2.24) is 10.6 Å². The van der Waals surface area contributed by atoms with Gasteiger partial charge >= 0.3 is 0 Å². The number of rotatable bonds is 4. The Morgan fingerprint density at radius 2 is 2.53 bits per heavy atom. The van der Waals surface area contributed by atoms with Gasteiger partial charge in [0.2, 0.25) is 5.91 Å². The lowest BCUT2D eigenvalue weighted by molar-refractivity contribution is -0.131. The van der Waals surface area contributed by atoms with Crippen molar-refractivity contribution in [2.45, 2.75) is 32.7 Å².